The van der Waals surface area contributed by atoms with Crippen molar-refractivity contribution in [1.29, 1.82) is 0 Å². The average molecular weight is 239 g/mol. The zero-order valence-electron chi connectivity index (χ0n) is 11.5. The van der Waals surface area contributed by atoms with Crippen molar-refractivity contribution in [3.05, 3.63) is 11.9 Å². The second-order valence-corrected chi connectivity index (χ2v) is 4.38. The maximum absolute atomic E-state index is 5.05. The molecule has 0 aromatic carbocycles. The third kappa shape index (κ3) is 4.04. The largest absolute Gasteiger partial charge is 0.383 e. The summed E-state index contributed by atoms with van der Waals surface area (Å²) in [5.41, 5.74) is 1.07. The molecule has 0 fully saturated rings. The highest BCUT2D eigenvalue weighted by Gasteiger charge is 2.13. The molecule has 1 heterocycles. The van der Waals surface area contributed by atoms with Crippen molar-refractivity contribution in [3.63, 3.8) is 0 Å². The van der Waals surface area contributed by atoms with Gasteiger partial charge in [-0.3, -0.25) is 0 Å². The van der Waals surface area contributed by atoms with Gasteiger partial charge in [0.25, 0.3) is 0 Å². The number of aryl methyl sites for hydroxylation is 1. The summed E-state index contributed by atoms with van der Waals surface area (Å²) in [6, 6.07) is 0.547. The van der Waals surface area contributed by atoms with E-state index in [0.29, 0.717) is 12.6 Å². The van der Waals surface area contributed by atoms with E-state index in [2.05, 4.69) is 34.9 Å². The van der Waals surface area contributed by atoms with Gasteiger partial charge in [-0.15, -0.1) is 0 Å². The van der Waals surface area contributed by atoms with Crippen LogP contribution in [0.2, 0.25) is 0 Å². The number of nitrogens with zero attached hydrogens (tertiary/aromatic N) is 2. The van der Waals surface area contributed by atoms with Crippen LogP contribution >= 0.6 is 0 Å². The van der Waals surface area contributed by atoms with Crippen molar-refractivity contribution in [1.82, 2.24) is 9.55 Å². The number of nitrogens with one attached hydrogen (secondary N) is 1. The third-order valence-electron chi connectivity index (χ3n) is 2.93. The Bertz CT molecular complexity index is 322. The lowest BCUT2D eigenvalue weighted by Gasteiger charge is -2.19. The fourth-order valence-electron chi connectivity index (χ4n) is 2.06. The van der Waals surface area contributed by atoms with Gasteiger partial charge in [0, 0.05) is 25.9 Å². The minimum atomic E-state index is 0.547. The summed E-state index contributed by atoms with van der Waals surface area (Å²) < 4.78 is 7.32. The van der Waals surface area contributed by atoms with Crippen LogP contribution in [0, 0.1) is 6.92 Å². The second-order valence-electron chi connectivity index (χ2n) is 4.38. The van der Waals surface area contributed by atoms with Crippen LogP contribution in [0.5, 0.6) is 0 Å². The number of anilines is 1. The van der Waals surface area contributed by atoms with Gasteiger partial charge < -0.3 is 14.6 Å². The SMILES string of the molecule is CCCC(CC)n1cc(C)nc1NCCOC. The summed E-state index contributed by atoms with van der Waals surface area (Å²) in [5, 5.41) is 3.34. The van der Waals surface area contributed by atoms with Gasteiger partial charge >= 0.3 is 0 Å². The average Bonchev–Trinajstić information content (AvgIpc) is 2.68. The normalized spacial score (nSPS) is 12.7. The van der Waals surface area contributed by atoms with Crippen LogP contribution in [0.25, 0.3) is 0 Å². The van der Waals surface area contributed by atoms with Gasteiger partial charge in [0.1, 0.15) is 0 Å². The molecule has 0 radical (unpaired) electrons. The van der Waals surface area contributed by atoms with Gasteiger partial charge in [-0.1, -0.05) is 20.3 Å². The van der Waals surface area contributed by atoms with Crippen molar-refractivity contribution >= 4 is 5.95 Å². The second kappa shape index (κ2) is 7.33. The van der Waals surface area contributed by atoms with E-state index in [-0.39, 0.29) is 0 Å². The number of ether oxygens (including phenoxy) is 1. The zero-order valence-corrected chi connectivity index (χ0v) is 11.5. The molecule has 0 amide bonds. The van der Waals surface area contributed by atoms with Crippen LogP contribution in [0.4, 0.5) is 5.95 Å². The number of imidazole rings is 1. The zero-order chi connectivity index (χ0) is 12.7. The Labute approximate surface area is 104 Å². The smallest absolute Gasteiger partial charge is 0.203 e. The van der Waals surface area contributed by atoms with Crippen LogP contribution < -0.4 is 5.32 Å². The van der Waals surface area contributed by atoms with E-state index in [1.54, 1.807) is 7.11 Å². The Morgan fingerprint density at radius 2 is 2.24 bits per heavy atom. The molecule has 0 aliphatic carbocycles. The Morgan fingerprint density at radius 1 is 1.47 bits per heavy atom. The monoisotopic (exact) mass is 239 g/mol. The molecule has 1 atom stereocenters. The highest BCUT2D eigenvalue weighted by molar-refractivity contribution is 5.29. The summed E-state index contributed by atoms with van der Waals surface area (Å²) in [6.45, 7) is 8.00. The molecule has 0 saturated heterocycles. The molecule has 0 bridgehead atoms. The maximum atomic E-state index is 5.05. The summed E-state index contributed by atoms with van der Waals surface area (Å²) >= 11 is 0. The summed E-state index contributed by atoms with van der Waals surface area (Å²) in [6.07, 6.45) is 5.68. The number of aromatic nitrogens is 2. The molecular formula is C13H25N3O. The number of hydrogen-bond acceptors (Lipinski definition) is 3. The first-order chi connectivity index (χ1) is 8.22. The fourth-order valence-corrected chi connectivity index (χ4v) is 2.06. The van der Waals surface area contributed by atoms with E-state index in [0.717, 1.165) is 24.6 Å². The van der Waals surface area contributed by atoms with Crippen LogP contribution in [0.3, 0.4) is 0 Å². The van der Waals surface area contributed by atoms with E-state index in [1.165, 1.54) is 12.8 Å². The molecule has 98 valence electrons. The quantitative estimate of drug-likeness (QED) is 0.709. The van der Waals surface area contributed by atoms with Crippen LogP contribution in [0.1, 0.15) is 44.8 Å². The van der Waals surface area contributed by atoms with Crippen LogP contribution in [0.15, 0.2) is 6.20 Å². The topological polar surface area (TPSA) is 39.1 Å². The molecule has 4 nitrogen and oxygen atoms in total. The Hall–Kier alpha value is -1.03. The van der Waals surface area contributed by atoms with Gasteiger partial charge in [-0.25, -0.2) is 4.98 Å². The maximum Gasteiger partial charge on any atom is 0.203 e. The van der Waals surface area contributed by atoms with Crippen molar-refractivity contribution in [2.24, 2.45) is 0 Å². The van der Waals surface area contributed by atoms with E-state index < -0.39 is 0 Å². The molecular weight excluding hydrogens is 214 g/mol. The predicted octanol–water partition coefficient (Wildman–Crippen LogP) is 3.00. The van der Waals surface area contributed by atoms with Gasteiger partial charge in [-0.05, 0) is 19.8 Å². The molecule has 1 aromatic heterocycles. The highest BCUT2D eigenvalue weighted by Crippen LogP contribution is 2.23. The summed E-state index contributed by atoms with van der Waals surface area (Å²) in [5.74, 6) is 0.972. The molecule has 17 heavy (non-hydrogen) atoms. The number of methoxy groups -OCH3 is 1. The van der Waals surface area contributed by atoms with Crippen LogP contribution in [-0.2, 0) is 4.74 Å². The minimum absolute atomic E-state index is 0.547. The molecule has 0 aliphatic heterocycles. The first-order valence-corrected chi connectivity index (χ1v) is 6.51. The molecule has 0 aliphatic rings. The van der Waals surface area contributed by atoms with E-state index >= 15 is 0 Å². The van der Waals surface area contributed by atoms with Crippen molar-refractivity contribution in [2.75, 3.05) is 25.6 Å². The summed E-state index contributed by atoms with van der Waals surface area (Å²) in [4.78, 5) is 4.53. The lowest BCUT2D eigenvalue weighted by molar-refractivity contribution is 0.210. The lowest BCUT2D eigenvalue weighted by Crippen LogP contribution is -2.15. The van der Waals surface area contributed by atoms with E-state index in [1.807, 2.05) is 6.92 Å². The Balaban J connectivity index is 2.74. The molecule has 4 heteroatoms. The molecule has 1 rings (SSSR count). The van der Waals surface area contributed by atoms with Crippen molar-refractivity contribution in [3.8, 4) is 0 Å². The molecule has 0 saturated carbocycles. The van der Waals surface area contributed by atoms with Crippen molar-refractivity contribution in [2.45, 2.75) is 46.1 Å². The number of hydrogen-bond donors (Lipinski definition) is 1. The molecule has 1 unspecified atom stereocenters. The molecule has 1 N–H and O–H groups in total. The van der Waals surface area contributed by atoms with E-state index in [4.69, 9.17) is 4.74 Å². The predicted molar refractivity (Wildman–Crippen MR) is 71.6 cm³/mol. The Kier molecular flexibility index (Phi) is 6.05. The fraction of sp³-hybridized carbons (Fsp3) is 0.769. The van der Waals surface area contributed by atoms with Gasteiger partial charge in [0.05, 0.1) is 12.3 Å². The minimum Gasteiger partial charge on any atom is -0.383 e. The molecule has 0 spiro atoms. The van der Waals surface area contributed by atoms with Crippen LogP contribution in [-0.4, -0.2) is 29.8 Å². The van der Waals surface area contributed by atoms with E-state index in [9.17, 15) is 0 Å². The first-order valence-electron chi connectivity index (χ1n) is 6.51. The van der Waals surface area contributed by atoms with Gasteiger partial charge in [-0.2, -0.15) is 0 Å². The first kappa shape index (κ1) is 14.0. The Morgan fingerprint density at radius 3 is 2.82 bits per heavy atom. The lowest BCUT2D eigenvalue weighted by atomic mass is 10.1. The van der Waals surface area contributed by atoms with Crippen molar-refractivity contribution < 1.29 is 4.74 Å². The standard InChI is InChI=1S/C13H25N3O/c1-5-7-12(6-2)16-10-11(3)15-13(16)14-8-9-17-4/h10,12H,5-9H2,1-4H3,(H,14,15). The van der Waals surface area contributed by atoms with Gasteiger partial charge in [0.15, 0.2) is 0 Å². The molecule has 1 aromatic rings. The highest BCUT2D eigenvalue weighted by atomic mass is 16.5. The number of rotatable bonds is 8. The summed E-state index contributed by atoms with van der Waals surface area (Å²) in [7, 11) is 1.71. The van der Waals surface area contributed by atoms with Gasteiger partial charge in [0.2, 0.25) is 5.95 Å². The third-order valence-corrected chi connectivity index (χ3v) is 2.93.